The van der Waals surface area contributed by atoms with Gasteiger partial charge in [0.05, 0.1) is 22.7 Å². The molecule has 0 bridgehead atoms. The second-order valence-corrected chi connectivity index (χ2v) is 8.53. The number of nitrogens with zero attached hydrogens (tertiary/aromatic N) is 1. The molecule has 1 saturated heterocycles. The van der Waals surface area contributed by atoms with E-state index in [2.05, 4.69) is 0 Å². The zero-order valence-electron chi connectivity index (χ0n) is 15.0. The maximum atomic E-state index is 13.0. The molecule has 0 N–H and O–H groups in total. The van der Waals surface area contributed by atoms with Crippen LogP contribution in [0.3, 0.4) is 0 Å². The van der Waals surface area contributed by atoms with Crippen molar-refractivity contribution in [3.05, 3.63) is 75.3 Å². The van der Waals surface area contributed by atoms with Crippen LogP contribution >= 0.6 is 47.2 Å². The average Bonchev–Trinajstić information content (AvgIpc) is 3.26. The van der Waals surface area contributed by atoms with Crippen molar-refractivity contribution in [1.29, 1.82) is 0 Å². The number of benzene rings is 2. The van der Waals surface area contributed by atoms with Crippen LogP contribution in [0, 0.1) is 0 Å². The molecule has 2 heterocycles. The molecule has 0 saturated carbocycles. The number of hydrogen-bond acceptors (Lipinski definition) is 5. The molecule has 146 valence electrons. The van der Waals surface area contributed by atoms with Gasteiger partial charge in [-0.05, 0) is 42.5 Å². The van der Waals surface area contributed by atoms with E-state index in [0.29, 0.717) is 42.2 Å². The van der Waals surface area contributed by atoms with Crippen LogP contribution in [0.15, 0.2) is 63.9 Å². The molecule has 1 aliphatic rings. The van der Waals surface area contributed by atoms with Gasteiger partial charge in [-0.2, -0.15) is 0 Å². The zero-order chi connectivity index (χ0) is 20.5. The second-order valence-electron chi connectivity index (χ2n) is 6.02. The molecule has 0 radical (unpaired) electrons. The van der Waals surface area contributed by atoms with E-state index in [-0.39, 0.29) is 5.91 Å². The predicted molar refractivity (Wildman–Crippen MR) is 123 cm³/mol. The van der Waals surface area contributed by atoms with Gasteiger partial charge in [0.1, 0.15) is 17.3 Å². The van der Waals surface area contributed by atoms with Crippen molar-refractivity contribution in [3.63, 3.8) is 0 Å². The van der Waals surface area contributed by atoms with Gasteiger partial charge in [-0.15, -0.1) is 0 Å². The third kappa shape index (κ3) is 3.94. The summed E-state index contributed by atoms with van der Waals surface area (Å²) in [5, 5.41) is 1.03. The third-order valence-electron chi connectivity index (χ3n) is 4.22. The first kappa shape index (κ1) is 20.0. The van der Waals surface area contributed by atoms with E-state index >= 15 is 0 Å². The first-order valence-electron chi connectivity index (χ1n) is 8.44. The molecule has 0 atom stereocenters. The lowest BCUT2D eigenvalue weighted by atomic mass is 10.2. The molecule has 1 fully saturated rings. The predicted octanol–water partition coefficient (Wildman–Crippen LogP) is 6.67. The van der Waals surface area contributed by atoms with Gasteiger partial charge in [-0.1, -0.05) is 59.3 Å². The number of hydrogen-bond donors (Lipinski definition) is 0. The van der Waals surface area contributed by atoms with Crippen LogP contribution in [0.2, 0.25) is 10.0 Å². The van der Waals surface area contributed by atoms with E-state index in [4.69, 9.17) is 44.6 Å². The number of thioether (sulfide) groups is 1. The number of furan rings is 1. The molecule has 0 unspecified atom stereocenters. The highest BCUT2D eigenvalue weighted by Gasteiger charge is 2.35. The molecule has 1 amide bonds. The fraction of sp³-hybridized carbons (Fsp3) is 0.0476. The molecule has 1 aliphatic heterocycles. The number of carbonyl (C=O) groups excluding carboxylic acids is 1. The van der Waals surface area contributed by atoms with Gasteiger partial charge in [0.25, 0.3) is 5.91 Å². The average molecular weight is 462 g/mol. The SMILES string of the molecule is COc1ccccc1N1C(=O)C(=Cc2ccc(-c3ccc(Cl)cc3Cl)o2)SC1=S. The number of halogens is 2. The molecule has 29 heavy (non-hydrogen) atoms. The Morgan fingerprint density at radius 1 is 1.14 bits per heavy atom. The number of methoxy groups -OCH3 is 1. The van der Waals surface area contributed by atoms with Gasteiger partial charge < -0.3 is 9.15 Å². The minimum absolute atomic E-state index is 0.230. The van der Waals surface area contributed by atoms with Crippen molar-refractivity contribution in [3.8, 4) is 17.1 Å². The van der Waals surface area contributed by atoms with Crippen LogP contribution in [0.25, 0.3) is 17.4 Å². The van der Waals surface area contributed by atoms with Crippen molar-refractivity contribution in [2.75, 3.05) is 12.0 Å². The lowest BCUT2D eigenvalue weighted by molar-refractivity contribution is -0.113. The smallest absolute Gasteiger partial charge is 0.271 e. The number of rotatable bonds is 4. The minimum atomic E-state index is -0.230. The van der Waals surface area contributed by atoms with Crippen molar-refractivity contribution >= 4 is 69.2 Å². The Balaban J connectivity index is 1.64. The number of para-hydroxylation sites is 2. The van der Waals surface area contributed by atoms with E-state index in [1.54, 1.807) is 55.7 Å². The van der Waals surface area contributed by atoms with E-state index < -0.39 is 0 Å². The highest BCUT2D eigenvalue weighted by molar-refractivity contribution is 8.27. The molecule has 0 spiro atoms. The summed E-state index contributed by atoms with van der Waals surface area (Å²) >= 11 is 18.8. The summed E-state index contributed by atoms with van der Waals surface area (Å²) in [5.74, 6) is 1.44. The second kappa shape index (κ2) is 8.24. The fourth-order valence-electron chi connectivity index (χ4n) is 2.88. The number of amides is 1. The van der Waals surface area contributed by atoms with Gasteiger partial charge in [0.2, 0.25) is 0 Å². The molecule has 3 aromatic rings. The van der Waals surface area contributed by atoms with Crippen LogP contribution in [0.1, 0.15) is 5.76 Å². The van der Waals surface area contributed by atoms with Gasteiger partial charge in [-0.25, -0.2) is 0 Å². The maximum Gasteiger partial charge on any atom is 0.271 e. The van der Waals surface area contributed by atoms with Gasteiger partial charge in [-0.3, -0.25) is 9.69 Å². The normalized spacial score (nSPS) is 15.4. The molecular formula is C21H13Cl2NO3S2. The highest BCUT2D eigenvalue weighted by Crippen LogP contribution is 2.40. The standard InChI is InChI=1S/C21H13Cl2NO3S2/c1-26-18-5-3-2-4-16(18)24-20(25)19(29-21(24)28)11-13-7-9-17(27-13)14-8-6-12(22)10-15(14)23/h2-11H,1H3. The molecule has 0 aliphatic carbocycles. The summed E-state index contributed by atoms with van der Waals surface area (Å²) in [4.78, 5) is 14.9. The van der Waals surface area contributed by atoms with Crippen LogP contribution in [-0.4, -0.2) is 17.3 Å². The van der Waals surface area contributed by atoms with Crippen molar-refractivity contribution < 1.29 is 13.9 Å². The minimum Gasteiger partial charge on any atom is -0.495 e. The zero-order valence-corrected chi connectivity index (χ0v) is 18.2. The quantitative estimate of drug-likeness (QED) is 0.320. The largest absolute Gasteiger partial charge is 0.495 e. The molecular weight excluding hydrogens is 449 g/mol. The molecule has 8 heteroatoms. The lowest BCUT2D eigenvalue weighted by Gasteiger charge is -2.17. The highest BCUT2D eigenvalue weighted by atomic mass is 35.5. The summed E-state index contributed by atoms with van der Waals surface area (Å²) < 4.78 is 11.7. The molecule has 4 nitrogen and oxygen atoms in total. The van der Waals surface area contributed by atoms with Crippen LogP contribution in [0.4, 0.5) is 5.69 Å². The number of carbonyl (C=O) groups is 1. The first-order valence-corrected chi connectivity index (χ1v) is 10.4. The van der Waals surface area contributed by atoms with Crippen LogP contribution < -0.4 is 9.64 Å². The Labute approximate surface area is 187 Å². The lowest BCUT2D eigenvalue weighted by Crippen LogP contribution is -2.27. The van der Waals surface area contributed by atoms with Crippen LogP contribution in [-0.2, 0) is 4.79 Å². The fourth-order valence-corrected chi connectivity index (χ4v) is 4.65. The van der Waals surface area contributed by atoms with Crippen molar-refractivity contribution in [2.45, 2.75) is 0 Å². The van der Waals surface area contributed by atoms with E-state index in [1.165, 1.54) is 16.7 Å². The van der Waals surface area contributed by atoms with E-state index in [9.17, 15) is 4.79 Å². The maximum absolute atomic E-state index is 13.0. The van der Waals surface area contributed by atoms with E-state index in [1.807, 2.05) is 12.1 Å². The Bertz CT molecular complexity index is 1160. The van der Waals surface area contributed by atoms with Gasteiger partial charge in [0.15, 0.2) is 4.32 Å². The summed E-state index contributed by atoms with van der Waals surface area (Å²) in [6.07, 6.45) is 1.67. The topological polar surface area (TPSA) is 42.7 Å². The number of thiocarbonyl (C=S) groups is 1. The monoisotopic (exact) mass is 461 g/mol. The summed E-state index contributed by atoms with van der Waals surface area (Å²) in [5.41, 5.74) is 1.33. The Hall–Kier alpha value is -2.25. The third-order valence-corrected chi connectivity index (χ3v) is 6.07. The molecule has 4 rings (SSSR count). The Morgan fingerprint density at radius 3 is 2.69 bits per heavy atom. The van der Waals surface area contributed by atoms with Crippen molar-refractivity contribution in [1.82, 2.24) is 0 Å². The summed E-state index contributed by atoms with van der Waals surface area (Å²) in [6.45, 7) is 0. The first-order chi connectivity index (χ1) is 14.0. The molecule has 1 aromatic heterocycles. The Kier molecular flexibility index (Phi) is 5.69. The van der Waals surface area contributed by atoms with Crippen LogP contribution in [0.5, 0.6) is 5.75 Å². The van der Waals surface area contributed by atoms with Crippen molar-refractivity contribution in [2.24, 2.45) is 0 Å². The molecule has 2 aromatic carbocycles. The van der Waals surface area contributed by atoms with Gasteiger partial charge >= 0.3 is 0 Å². The van der Waals surface area contributed by atoms with Gasteiger partial charge in [0, 0.05) is 16.7 Å². The Morgan fingerprint density at radius 2 is 1.93 bits per heavy atom. The summed E-state index contributed by atoms with van der Waals surface area (Å²) in [7, 11) is 1.55. The summed E-state index contributed by atoms with van der Waals surface area (Å²) in [6, 6.07) is 16.0. The number of ether oxygens (including phenoxy) is 1. The number of anilines is 1. The van der Waals surface area contributed by atoms with E-state index in [0.717, 1.165) is 5.56 Å².